The zero-order valence-electron chi connectivity index (χ0n) is 26.7. The van der Waals surface area contributed by atoms with Gasteiger partial charge in [0.05, 0.1) is 42.4 Å². The topological polar surface area (TPSA) is 148 Å². The summed E-state index contributed by atoms with van der Waals surface area (Å²) in [4.78, 5) is 50.9. The molecule has 14 heteroatoms. The molecule has 0 spiro atoms. The monoisotopic (exact) mass is 644 g/mol. The van der Waals surface area contributed by atoms with Crippen LogP contribution in [-0.4, -0.2) is 56.1 Å². The first-order valence-corrected chi connectivity index (χ1v) is 14.7. The SMILES string of the molecule is COc1nc(N(C)C(=O)OC(C)(C)C)ncc1-n1nc2c(c1C(C)C)C(c1ccc(C#N)cc1)N(c1cc(Cl)c(=O)n(C)c1)C2=O. The summed E-state index contributed by atoms with van der Waals surface area (Å²) in [5, 5.41) is 14.2. The van der Waals surface area contributed by atoms with Crippen molar-refractivity contribution in [3.63, 3.8) is 0 Å². The normalized spacial score (nSPS) is 14.3. The van der Waals surface area contributed by atoms with E-state index in [0.717, 1.165) is 5.56 Å². The van der Waals surface area contributed by atoms with Gasteiger partial charge in [0.2, 0.25) is 11.8 Å². The molecule has 2 amide bonds. The fraction of sp³-hybridized carbons (Fsp3) is 0.344. The molecule has 1 unspecified atom stereocenters. The Bertz CT molecular complexity index is 1930. The Morgan fingerprint density at radius 3 is 2.41 bits per heavy atom. The number of hydrogen-bond acceptors (Lipinski definition) is 9. The Morgan fingerprint density at radius 2 is 1.85 bits per heavy atom. The second-order valence-electron chi connectivity index (χ2n) is 12.1. The van der Waals surface area contributed by atoms with Crippen LogP contribution in [0.1, 0.15) is 79.5 Å². The van der Waals surface area contributed by atoms with Crippen LogP contribution in [0.2, 0.25) is 5.02 Å². The fourth-order valence-corrected chi connectivity index (χ4v) is 5.54. The number of nitrogens with zero attached hydrogens (tertiary/aromatic N) is 8. The predicted molar refractivity (Wildman–Crippen MR) is 171 cm³/mol. The van der Waals surface area contributed by atoms with Gasteiger partial charge in [-0.3, -0.25) is 14.5 Å². The highest BCUT2D eigenvalue weighted by atomic mass is 35.5. The molecule has 1 aliphatic heterocycles. The van der Waals surface area contributed by atoms with Gasteiger partial charge in [0.25, 0.3) is 11.5 Å². The molecule has 1 atom stereocenters. The van der Waals surface area contributed by atoms with Crippen molar-refractivity contribution in [1.82, 2.24) is 24.3 Å². The van der Waals surface area contributed by atoms with Gasteiger partial charge in [0, 0.05) is 25.9 Å². The second-order valence-corrected chi connectivity index (χ2v) is 12.5. The largest absolute Gasteiger partial charge is 0.479 e. The predicted octanol–water partition coefficient (Wildman–Crippen LogP) is 5.14. The number of amides is 2. The summed E-state index contributed by atoms with van der Waals surface area (Å²) in [6.45, 7) is 9.22. The lowest BCUT2D eigenvalue weighted by Crippen LogP contribution is -2.35. The summed E-state index contributed by atoms with van der Waals surface area (Å²) in [6, 6.07) is 9.84. The van der Waals surface area contributed by atoms with Crippen molar-refractivity contribution in [1.29, 1.82) is 5.26 Å². The van der Waals surface area contributed by atoms with Crippen molar-refractivity contribution in [3.8, 4) is 17.6 Å². The van der Waals surface area contributed by atoms with Crippen LogP contribution < -0.4 is 20.1 Å². The summed E-state index contributed by atoms with van der Waals surface area (Å²) in [5.74, 6) is -0.416. The zero-order chi connectivity index (χ0) is 33.7. The number of nitriles is 1. The summed E-state index contributed by atoms with van der Waals surface area (Å²) >= 11 is 6.28. The van der Waals surface area contributed by atoms with E-state index in [-0.39, 0.29) is 28.5 Å². The Hall–Kier alpha value is -5.22. The summed E-state index contributed by atoms with van der Waals surface area (Å²) in [6.07, 6.45) is 2.38. The minimum Gasteiger partial charge on any atom is -0.479 e. The molecule has 4 aromatic rings. The van der Waals surface area contributed by atoms with Crippen molar-refractivity contribution in [3.05, 3.63) is 86.2 Å². The van der Waals surface area contributed by atoms with Crippen molar-refractivity contribution in [2.24, 2.45) is 7.05 Å². The first-order chi connectivity index (χ1) is 21.7. The van der Waals surface area contributed by atoms with Gasteiger partial charge < -0.3 is 14.0 Å². The number of rotatable bonds is 6. The summed E-state index contributed by atoms with van der Waals surface area (Å²) in [7, 11) is 4.49. The zero-order valence-corrected chi connectivity index (χ0v) is 27.4. The number of hydrogen-bond donors (Lipinski definition) is 0. The molecular formula is C32H33ClN8O5. The lowest BCUT2D eigenvalue weighted by atomic mass is 9.94. The number of pyridine rings is 1. The van der Waals surface area contributed by atoms with Gasteiger partial charge in [-0.1, -0.05) is 37.6 Å². The van der Waals surface area contributed by atoms with Gasteiger partial charge in [-0.2, -0.15) is 15.3 Å². The van der Waals surface area contributed by atoms with Gasteiger partial charge in [-0.05, 0) is 50.5 Å². The number of anilines is 2. The van der Waals surface area contributed by atoms with Crippen LogP contribution in [0.4, 0.5) is 16.4 Å². The lowest BCUT2D eigenvalue weighted by molar-refractivity contribution is 0.0587. The fourth-order valence-electron chi connectivity index (χ4n) is 5.30. The number of methoxy groups -OCH3 is 1. The molecule has 0 aliphatic carbocycles. The third-order valence-corrected chi connectivity index (χ3v) is 7.60. The van der Waals surface area contributed by atoms with Crippen LogP contribution in [0.15, 0.2) is 47.5 Å². The van der Waals surface area contributed by atoms with Crippen LogP contribution in [0.3, 0.4) is 0 Å². The molecule has 1 aromatic carbocycles. The summed E-state index contributed by atoms with van der Waals surface area (Å²) in [5.41, 5.74) is 2.32. The van der Waals surface area contributed by atoms with E-state index in [1.165, 1.54) is 35.9 Å². The smallest absolute Gasteiger partial charge is 0.416 e. The van der Waals surface area contributed by atoms with E-state index in [0.29, 0.717) is 28.2 Å². The average molecular weight is 645 g/mol. The molecule has 3 aromatic heterocycles. The van der Waals surface area contributed by atoms with E-state index in [2.05, 4.69) is 16.0 Å². The molecule has 0 N–H and O–H groups in total. The standard InChI is InChI=1S/C32H33ClN8O5/c1-17(2)25-23-24(37-41(25)22-15-35-30(36-27(22)45-8)39(7)31(44)46-32(3,4)5)29(43)40(20-13-21(33)28(42)38(6)16-20)26(23)19-11-9-18(14-34)10-12-19/h9-13,15-17,26H,1-8H3. The molecule has 0 fully saturated rings. The van der Waals surface area contributed by atoms with Gasteiger partial charge in [-0.15, -0.1) is 0 Å². The van der Waals surface area contributed by atoms with E-state index in [4.69, 9.17) is 26.2 Å². The number of fused-ring (bicyclic) bond motifs is 1. The first-order valence-electron chi connectivity index (χ1n) is 14.4. The van der Waals surface area contributed by atoms with Crippen LogP contribution in [-0.2, 0) is 11.8 Å². The number of halogens is 1. The number of carbonyl (C=O) groups is 2. The van der Waals surface area contributed by atoms with E-state index in [9.17, 15) is 19.6 Å². The molecule has 0 saturated heterocycles. The number of aromatic nitrogens is 5. The number of aryl methyl sites for hydroxylation is 1. The minimum atomic E-state index is -0.719. The first kappa shape index (κ1) is 32.2. The molecule has 238 valence electrons. The maximum Gasteiger partial charge on any atom is 0.416 e. The molecular weight excluding hydrogens is 612 g/mol. The molecule has 46 heavy (non-hydrogen) atoms. The lowest BCUT2D eigenvalue weighted by Gasteiger charge is -2.28. The second kappa shape index (κ2) is 11.9. The minimum absolute atomic E-state index is 0.0385. The maximum absolute atomic E-state index is 14.3. The molecule has 4 heterocycles. The molecule has 5 rings (SSSR count). The van der Waals surface area contributed by atoms with Crippen LogP contribution in [0, 0.1) is 11.3 Å². The Balaban J connectivity index is 1.69. The summed E-state index contributed by atoms with van der Waals surface area (Å²) < 4.78 is 14.0. The van der Waals surface area contributed by atoms with E-state index in [1.807, 2.05) is 13.8 Å². The van der Waals surface area contributed by atoms with Crippen LogP contribution in [0.25, 0.3) is 5.69 Å². The third-order valence-electron chi connectivity index (χ3n) is 7.33. The van der Waals surface area contributed by atoms with E-state index < -0.39 is 29.2 Å². The molecule has 0 saturated carbocycles. The third kappa shape index (κ3) is 5.67. The Labute approximate surface area is 270 Å². The van der Waals surface area contributed by atoms with Crippen molar-refractivity contribution in [2.45, 2.75) is 52.2 Å². The molecule has 0 bridgehead atoms. The highest BCUT2D eigenvalue weighted by Gasteiger charge is 2.45. The Morgan fingerprint density at radius 1 is 1.17 bits per heavy atom. The molecule has 0 radical (unpaired) electrons. The Kier molecular flexibility index (Phi) is 8.35. The quantitative estimate of drug-likeness (QED) is 0.278. The number of carbonyl (C=O) groups excluding carboxylic acids is 2. The van der Waals surface area contributed by atoms with Crippen molar-refractivity contribution in [2.75, 3.05) is 24.0 Å². The van der Waals surface area contributed by atoms with E-state index >= 15 is 0 Å². The van der Waals surface area contributed by atoms with Crippen LogP contribution in [0.5, 0.6) is 5.88 Å². The van der Waals surface area contributed by atoms with E-state index in [1.54, 1.807) is 67.9 Å². The van der Waals surface area contributed by atoms with Gasteiger partial charge in [0.1, 0.15) is 16.3 Å². The van der Waals surface area contributed by atoms with Crippen LogP contribution >= 0.6 is 11.6 Å². The highest BCUT2D eigenvalue weighted by molar-refractivity contribution is 6.30. The molecule has 1 aliphatic rings. The van der Waals surface area contributed by atoms with Gasteiger partial charge >= 0.3 is 6.09 Å². The van der Waals surface area contributed by atoms with Crippen molar-refractivity contribution >= 4 is 35.2 Å². The average Bonchev–Trinajstić information content (AvgIpc) is 3.53. The number of ether oxygens (including phenoxy) is 2. The number of benzene rings is 1. The molecule has 13 nitrogen and oxygen atoms in total. The van der Waals surface area contributed by atoms with Crippen molar-refractivity contribution < 1.29 is 19.1 Å². The van der Waals surface area contributed by atoms with Gasteiger partial charge in [0.15, 0.2) is 5.69 Å². The maximum atomic E-state index is 14.3. The van der Waals surface area contributed by atoms with Gasteiger partial charge in [-0.25, -0.2) is 19.4 Å². The highest BCUT2D eigenvalue weighted by Crippen LogP contribution is 2.46.